The monoisotopic (exact) mass is 270 g/mol. The van der Waals surface area contributed by atoms with E-state index >= 15 is 0 Å². The van der Waals surface area contributed by atoms with E-state index in [0.29, 0.717) is 6.54 Å². The standard InChI is InChI=1S/C15H18N4O/c16-10-13(14(17)19-8-4-5-9-19)15(20)18-11-12-6-2-1-3-7-12/h1-3,6-7H,4-5,8-9,11,17H2,(H,18,20)/b14-13-. The summed E-state index contributed by atoms with van der Waals surface area (Å²) in [6, 6.07) is 11.5. The number of rotatable bonds is 4. The number of nitrogens with one attached hydrogen (secondary N) is 1. The van der Waals surface area contributed by atoms with E-state index in [-0.39, 0.29) is 11.4 Å². The van der Waals surface area contributed by atoms with Crippen molar-refractivity contribution in [2.24, 2.45) is 5.73 Å². The number of carbonyl (C=O) groups is 1. The van der Waals surface area contributed by atoms with Gasteiger partial charge in [0, 0.05) is 19.6 Å². The molecule has 1 fully saturated rings. The fraction of sp³-hybridized carbons (Fsp3) is 0.333. The molecule has 0 unspecified atom stereocenters. The second-order valence-electron chi connectivity index (χ2n) is 4.73. The van der Waals surface area contributed by atoms with Crippen LogP contribution in [0.5, 0.6) is 0 Å². The Bertz CT molecular complexity index is 539. The number of carbonyl (C=O) groups excluding carboxylic acids is 1. The molecule has 5 nitrogen and oxygen atoms in total. The van der Waals surface area contributed by atoms with Crippen molar-refractivity contribution in [2.75, 3.05) is 13.1 Å². The van der Waals surface area contributed by atoms with Crippen LogP contribution in [0.3, 0.4) is 0 Å². The number of likely N-dealkylation sites (tertiary alicyclic amines) is 1. The first kappa shape index (κ1) is 13.9. The van der Waals surface area contributed by atoms with Crippen molar-refractivity contribution in [1.82, 2.24) is 10.2 Å². The molecule has 0 aromatic heterocycles. The molecule has 0 saturated carbocycles. The van der Waals surface area contributed by atoms with Gasteiger partial charge in [-0.3, -0.25) is 4.79 Å². The van der Waals surface area contributed by atoms with Crippen LogP contribution in [0.1, 0.15) is 18.4 Å². The minimum Gasteiger partial charge on any atom is -0.384 e. The van der Waals surface area contributed by atoms with Crippen LogP contribution in [0.15, 0.2) is 41.7 Å². The Morgan fingerprint density at radius 1 is 1.30 bits per heavy atom. The maximum atomic E-state index is 12.0. The average molecular weight is 270 g/mol. The van der Waals surface area contributed by atoms with Crippen molar-refractivity contribution in [3.05, 3.63) is 47.3 Å². The van der Waals surface area contributed by atoms with Crippen molar-refractivity contribution in [3.63, 3.8) is 0 Å². The summed E-state index contributed by atoms with van der Waals surface area (Å²) in [7, 11) is 0. The Balaban J connectivity index is 2.02. The van der Waals surface area contributed by atoms with Crippen LogP contribution in [0.4, 0.5) is 0 Å². The van der Waals surface area contributed by atoms with Gasteiger partial charge in [0.2, 0.25) is 0 Å². The summed E-state index contributed by atoms with van der Waals surface area (Å²) in [5.74, 6) is -0.128. The van der Waals surface area contributed by atoms with Gasteiger partial charge < -0.3 is 16.0 Å². The number of hydrogen-bond acceptors (Lipinski definition) is 4. The fourth-order valence-electron chi connectivity index (χ4n) is 2.21. The van der Waals surface area contributed by atoms with Crippen LogP contribution < -0.4 is 11.1 Å². The number of nitrogens with two attached hydrogens (primary N) is 1. The molecule has 0 radical (unpaired) electrons. The lowest BCUT2D eigenvalue weighted by Gasteiger charge is -2.18. The van der Waals surface area contributed by atoms with E-state index in [9.17, 15) is 4.79 Å². The maximum absolute atomic E-state index is 12.0. The van der Waals surface area contributed by atoms with Gasteiger partial charge in [-0.05, 0) is 18.4 Å². The van der Waals surface area contributed by atoms with Gasteiger partial charge in [0.25, 0.3) is 5.91 Å². The molecule has 1 aliphatic heterocycles. The minimum atomic E-state index is -0.416. The normalized spacial score (nSPS) is 15.4. The number of benzene rings is 1. The summed E-state index contributed by atoms with van der Waals surface area (Å²) in [6.45, 7) is 2.00. The van der Waals surface area contributed by atoms with Crippen molar-refractivity contribution >= 4 is 5.91 Å². The van der Waals surface area contributed by atoms with Gasteiger partial charge >= 0.3 is 0 Å². The van der Waals surface area contributed by atoms with Crippen LogP contribution in [0, 0.1) is 11.3 Å². The summed E-state index contributed by atoms with van der Waals surface area (Å²) in [4.78, 5) is 13.9. The van der Waals surface area contributed by atoms with Crippen LogP contribution in [-0.4, -0.2) is 23.9 Å². The summed E-state index contributed by atoms with van der Waals surface area (Å²) in [5.41, 5.74) is 6.91. The quantitative estimate of drug-likeness (QED) is 0.634. The van der Waals surface area contributed by atoms with E-state index in [1.54, 1.807) is 0 Å². The zero-order valence-corrected chi connectivity index (χ0v) is 11.3. The Hall–Kier alpha value is -2.48. The highest BCUT2D eigenvalue weighted by atomic mass is 16.1. The van der Waals surface area contributed by atoms with Gasteiger partial charge in [0.15, 0.2) is 5.57 Å². The fourth-order valence-corrected chi connectivity index (χ4v) is 2.21. The molecule has 0 spiro atoms. The third kappa shape index (κ3) is 3.29. The number of nitriles is 1. The van der Waals surface area contributed by atoms with Crippen LogP contribution in [0.25, 0.3) is 0 Å². The first-order chi connectivity index (χ1) is 9.72. The number of amides is 1. The van der Waals surface area contributed by atoms with Crippen molar-refractivity contribution in [2.45, 2.75) is 19.4 Å². The van der Waals surface area contributed by atoms with E-state index in [1.165, 1.54) is 0 Å². The molecule has 0 atom stereocenters. The van der Waals surface area contributed by atoms with E-state index in [2.05, 4.69) is 5.32 Å². The first-order valence-corrected chi connectivity index (χ1v) is 6.69. The summed E-state index contributed by atoms with van der Waals surface area (Å²) >= 11 is 0. The van der Waals surface area contributed by atoms with Crippen LogP contribution >= 0.6 is 0 Å². The zero-order chi connectivity index (χ0) is 14.4. The summed E-state index contributed by atoms with van der Waals surface area (Å²) in [6.07, 6.45) is 2.09. The zero-order valence-electron chi connectivity index (χ0n) is 11.3. The number of nitrogens with zero attached hydrogens (tertiary/aromatic N) is 2. The molecule has 1 amide bonds. The van der Waals surface area contributed by atoms with E-state index < -0.39 is 5.91 Å². The minimum absolute atomic E-state index is 0.00262. The molecule has 1 heterocycles. The van der Waals surface area contributed by atoms with Gasteiger partial charge in [-0.15, -0.1) is 0 Å². The second-order valence-corrected chi connectivity index (χ2v) is 4.73. The molecular weight excluding hydrogens is 252 g/mol. The van der Waals surface area contributed by atoms with Crippen LogP contribution in [0.2, 0.25) is 0 Å². The second kappa shape index (κ2) is 6.62. The van der Waals surface area contributed by atoms with Crippen molar-refractivity contribution < 1.29 is 4.79 Å². The summed E-state index contributed by atoms with van der Waals surface area (Å²) < 4.78 is 0. The third-order valence-electron chi connectivity index (χ3n) is 3.34. The highest BCUT2D eigenvalue weighted by Gasteiger charge is 2.20. The molecule has 1 aromatic carbocycles. The van der Waals surface area contributed by atoms with Gasteiger partial charge in [-0.25, -0.2) is 0 Å². The van der Waals surface area contributed by atoms with Crippen LogP contribution in [-0.2, 0) is 11.3 Å². The molecule has 104 valence electrons. The molecular formula is C15H18N4O. The SMILES string of the molecule is N#C/C(C(=O)NCc1ccccc1)=C(\N)N1CCCC1. The average Bonchev–Trinajstić information content (AvgIpc) is 3.01. The molecule has 20 heavy (non-hydrogen) atoms. The number of hydrogen-bond donors (Lipinski definition) is 2. The molecule has 5 heteroatoms. The highest BCUT2D eigenvalue weighted by Crippen LogP contribution is 2.14. The van der Waals surface area contributed by atoms with Gasteiger partial charge in [-0.2, -0.15) is 5.26 Å². The van der Waals surface area contributed by atoms with Gasteiger partial charge in [0.05, 0.1) is 0 Å². The largest absolute Gasteiger partial charge is 0.384 e. The van der Waals surface area contributed by atoms with E-state index in [4.69, 9.17) is 11.0 Å². The lowest BCUT2D eigenvalue weighted by Crippen LogP contribution is -2.32. The predicted molar refractivity (Wildman–Crippen MR) is 75.9 cm³/mol. The molecule has 1 saturated heterocycles. The first-order valence-electron chi connectivity index (χ1n) is 6.69. The summed E-state index contributed by atoms with van der Waals surface area (Å²) in [5, 5.41) is 11.9. The molecule has 0 bridgehead atoms. The van der Waals surface area contributed by atoms with Crippen molar-refractivity contribution in [3.8, 4) is 6.07 Å². The molecule has 0 aliphatic carbocycles. The Morgan fingerprint density at radius 2 is 1.95 bits per heavy atom. The van der Waals surface area contributed by atoms with E-state index in [0.717, 1.165) is 31.5 Å². The predicted octanol–water partition coefficient (Wildman–Crippen LogP) is 1.09. The van der Waals surface area contributed by atoms with Crippen molar-refractivity contribution in [1.29, 1.82) is 5.26 Å². The highest BCUT2D eigenvalue weighted by molar-refractivity contribution is 5.97. The lowest BCUT2D eigenvalue weighted by molar-refractivity contribution is -0.117. The molecule has 1 aliphatic rings. The topological polar surface area (TPSA) is 82.1 Å². The molecule has 2 rings (SSSR count). The van der Waals surface area contributed by atoms with Gasteiger partial charge in [0.1, 0.15) is 11.9 Å². The lowest BCUT2D eigenvalue weighted by atomic mass is 10.2. The molecule has 1 aromatic rings. The Morgan fingerprint density at radius 3 is 2.55 bits per heavy atom. The van der Waals surface area contributed by atoms with Gasteiger partial charge in [-0.1, -0.05) is 30.3 Å². The van der Waals surface area contributed by atoms with E-state index in [1.807, 2.05) is 41.3 Å². The third-order valence-corrected chi connectivity index (χ3v) is 3.34. The smallest absolute Gasteiger partial charge is 0.265 e. The molecule has 3 N–H and O–H groups in total. The Labute approximate surface area is 118 Å². The Kier molecular flexibility index (Phi) is 4.61. The maximum Gasteiger partial charge on any atom is 0.265 e.